The van der Waals surface area contributed by atoms with Gasteiger partial charge in [0, 0.05) is 12.2 Å². The van der Waals surface area contributed by atoms with E-state index in [9.17, 15) is 9.65 Å². The second kappa shape index (κ2) is 17.3. The molecule has 26 heavy (non-hydrogen) atoms. The third kappa shape index (κ3) is 10.4. The van der Waals surface area contributed by atoms with E-state index in [-0.39, 0.29) is 11.4 Å². The molecule has 142 valence electrons. The molecule has 0 saturated heterocycles. The van der Waals surface area contributed by atoms with Gasteiger partial charge in [0.1, 0.15) is 17.5 Å². The molecule has 1 aromatic carbocycles. The molecule has 0 aliphatic rings. The number of thioether (sulfide) groups is 1. The van der Waals surface area contributed by atoms with Gasteiger partial charge in [0.05, 0.1) is 10.7 Å². The zero-order chi connectivity index (χ0) is 20.4. The van der Waals surface area contributed by atoms with Crippen LogP contribution >= 0.6 is 11.8 Å². The van der Waals surface area contributed by atoms with Crippen molar-refractivity contribution < 1.29 is 4.39 Å². The first-order valence-electron chi connectivity index (χ1n) is 8.21. The van der Waals surface area contributed by atoms with Crippen molar-refractivity contribution >= 4 is 24.2 Å². The van der Waals surface area contributed by atoms with E-state index in [1.165, 1.54) is 17.8 Å². The summed E-state index contributed by atoms with van der Waals surface area (Å²) < 4.78 is 13.7. The molecular formula is C20H29FN4S. The Bertz CT molecular complexity index is 645. The summed E-state index contributed by atoms with van der Waals surface area (Å²) in [6.07, 6.45) is 5.85. The van der Waals surface area contributed by atoms with E-state index in [1.807, 2.05) is 20.8 Å². The minimum Gasteiger partial charge on any atom is -0.398 e. The molecule has 0 unspecified atom stereocenters. The van der Waals surface area contributed by atoms with Crippen molar-refractivity contribution in [2.24, 2.45) is 10.7 Å². The lowest BCUT2D eigenvalue weighted by molar-refractivity contribution is 0.631. The highest BCUT2D eigenvalue weighted by molar-refractivity contribution is 8.02. The van der Waals surface area contributed by atoms with E-state index < -0.39 is 0 Å². The molecule has 0 amide bonds. The van der Waals surface area contributed by atoms with Gasteiger partial charge in [-0.2, -0.15) is 5.26 Å². The molecule has 1 rings (SSSR count). The van der Waals surface area contributed by atoms with Crippen molar-refractivity contribution in [1.82, 2.24) is 0 Å². The molecule has 1 aromatic rings. The zero-order valence-corrected chi connectivity index (χ0v) is 16.9. The molecule has 0 saturated carbocycles. The third-order valence-corrected chi connectivity index (χ3v) is 3.32. The molecule has 3 N–H and O–H groups in total. The monoisotopic (exact) mass is 376 g/mol. The van der Waals surface area contributed by atoms with Gasteiger partial charge in [0.15, 0.2) is 0 Å². The number of para-hydroxylation sites is 1. The van der Waals surface area contributed by atoms with Gasteiger partial charge in [-0.3, -0.25) is 0 Å². The number of halogens is 1. The van der Waals surface area contributed by atoms with Crippen molar-refractivity contribution in [3.8, 4) is 6.07 Å². The fourth-order valence-corrected chi connectivity index (χ4v) is 2.14. The first kappa shape index (κ1) is 25.7. The van der Waals surface area contributed by atoms with E-state index in [4.69, 9.17) is 5.73 Å². The minimum atomic E-state index is -0.389. The van der Waals surface area contributed by atoms with Gasteiger partial charge in [0.25, 0.3) is 0 Å². The van der Waals surface area contributed by atoms with Crippen LogP contribution in [0.1, 0.15) is 27.2 Å². The lowest BCUT2D eigenvalue weighted by atomic mass is 10.2. The summed E-state index contributed by atoms with van der Waals surface area (Å²) in [4.78, 5) is 3.72. The van der Waals surface area contributed by atoms with E-state index in [0.717, 1.165) is 0 Å². The average molecular weight is 377 g/mol. The van der Waals surface area contributed by atoms with Crippen LogP contribution in [0.3, 0.4) is 0 Å². The maximum atomic E-state index is 13.7. The number of aliphatic imine (C=N–C) groups is 1. The Morgan fingerprint density at radius 1 is 1.42 bits per heavy atom. The van der Waals surface area contributed by atoms with Crippen molar-refractivity contribution in [2.45, 2.75) is 27.2 Å². The van der Waals surface area contributed by atoms with Crippen LogP contribution in [0.25, 0.3) is 0 Å². The van der Waals surface area contributed by atoms with Gasteiger partial charge in [-0.05, 0) is 38.5 Å². The number of hydrogen-bond acceptors (Lipinski definition) is 5. The first-order chi connectivity index (χ1) is 12.5. The van der Waals surface area contributed by atoms with E-state index >= 15 is 0 Å². The molecule has 0 fully saturated rings. The Kier molecular flexibility index (Phi) is 17.1. The minimum absolute atomic E-state index is 0.287. The van der Waals surface area contributed by atoms with Crippen LogP contribution in [0.4, 0.5) is 10.1 Å². The second-order valence-electron chi connectivity index (χ2n) is 4.43. The van der Waals surface area contributed by atoms with Crippen LogP contribution < -0.4 is 11.1 Å². The topological polar surface area (TPSA) is 74.2 Å². The second-order valence-corrected chi connectivity index (χ2v) is 5.24. The van der Waals surface area contributed by atoms with Crippen LogP contribution in [-0.4, -0.2) is 19.5 Å². The molecule has 0 heterocycles. The number of anilines is 1. The highest BCUT2D eigenvalue weighted by Crippen LogP contribution is 2.24. The molecule has 6 heteroatoms. The Balaban J connectivity index is 0. The van der Waals surface area contributed by atoms with Crippen molar-refractivity contribution in [1.29, 1.82) is 5.26 Å². The third-order valence-electron chi connectivity index (χ3n) is 2.61. The van der Waals surface area contributed by atoms with Gasteiger partial charge in [-0.25, -0.2) is 4.39 Å². The van der Waals surface area contributed by atoms with Crippen molar-refractivity contribution in [3.05, 3.63) is 65.1 Å². The van der Waals surface area contributed by atoms with Gasteiger partial charge in [0.2, 0.25) is 0 Å². The number of rotatable bonds is 7. The summed E-state index contributed by atoms with van der Waals surface area (Å²) in [6, 6.07) is 8.32. The molecule has 0 bridgehead atoms. The standard InChI is InChI=1S/C15H17FN4S.C3H6.C2H6/c1-19-9-5-7-13(18)11(10-17)15(21-2)20-14-8-4-3-6-12(14)16;1-3-2;1-2/h3-4,6-8,20H,1,5,9,18H2,2H3;3H,1H2,2H3;1-2H3/b13-7-,15-11-;;. The number of benzene rings is 1. The quantitative estimate of drug-likeness (QED) is 0.217. The smallest absolute Gasteiger partial charge is 0.146 e. The van der Waals surface area contributed by atoms with Crippen LogP contribution in [0, 0.1) is 17.1 Å². The summed E-state index contributed by atoms with van der Waals surface area (Å²) >= 11 is 1.30. The predicted octanol–water partition coefficient (Wildman–Crippen LogP) is 5.49. The highest BCUT2D eigenvalue weighted by Gasteiger charge is 2.11. The van der Waals surface area contributed by atoms with E-state index in [2.05, 4.69) is 29.7 Å². The maximum Gasteiger partial charge on any atom is 0.146 e. The van der Waals surface area contributed by atoms with E-state index in [1.54, 1.807) is 36.6 Å². The van der Waals surface area contributed by atoms with Crippen LogP contribution in [0.2, 0.25) is 0 Å². The molecule has 4 nitrogen and oxygen atoms in total. The van der Waals surface area contributed by atoms with Gasteiger partial charge >= 0.3 is 0 Å². The molecular weight excluding hydrogens is 347 g/mol. The van der Waals surface area contributed by atoms with Crippen LogP contribution in [-0.2, 0) is 0 Å². The fourth-order valence-electron chi connectivity index (χ4n) is 1.56. The number of nitriles is 1. The van der Waals surface area contributed by atoms with Crippen LogP contribution in [0.15, 0.2) is 64.3 Å². The number of nitrogens with zero attached hydrogens (tertiary/aromatic N) is 2. The molecule has 0 atom stereocenters. The molecule has 0 spiro atoms. The summed E-state index contributed by atoms with van der Waals surface area (Å²) in [7, 11) is 0. The Labute approximate surface area is 161 Å². The lowest BCUT2D eigenvalue weighted by Crippen LogP contribution is -2.08. The average Bonchev–Trinajstić information content (AvgIpc) is 2.65. The number of nitrogens with two attached hydrogens (primary N) is 1. The first-order valence-corrected chi connectivity index (χ1v) is 9.43. The molecule has 0 radical (unpaired) electrons. The largest absolute Gasteiger partial charge is 0.398 e. The van der Waals surface area contributed by atoms with Crippen molar-refractivity contribution in [2.75, 3.05) is 18.1 Å². The maximum absolute atomic E-state index is 13.7. The summed E-state index contributed by atoms with van der Waals surface area (Å²) in [5.74, 6) is -0.389. The van der Waals surface area contributed by atoms with Crippen LogP contribution in [0.5, 0.6) is 0 Å². The fraction of sp³-hybridized carbons (Fsp3) is 0.300. The highest BCUT2D eigenvalue weighted by atomic mass is 32.2. The lowest BCUT2D eigenvalue weighted by Gasteiger charge is -2.12. The Hall–Kier alpha value is -2.52. The summed E-state index contributed by atoms with van der Waals surface area (Å²) in [6.45, 7) is 13.2. The number of hydrogen-bond donors (Lipinski definition) is 2. The number of nitrogens with one attached hydrogen (secondary N) is 1. The van der Waals surface area contributed by atoms with Gasteiger partial charge in [-0.1, -0.05) is 38.1 Å². The zero-order valence-electron chi connectivity index (χ0n) is 16.1. The Morgan fingerprint density at radius 2 is 2.00 bits per heavy atom. The summed E-state index contributed by atoms with van der Waals surface area (Å²) in [5, 5.41) is 12.7. The van der Waals surface area contributed by atoms with E-state index in [0.29, 0.717) is 29.4 Å². The summed E-state index contributed by atoms with van der Waals surface area (Å²) in [5.41, 5.74) is 6.84. The molecule has 0 aliphatic carbocycles. The number of allylic oxidation sites excluding steroid dienone is 2. The van der Waals surface area contributed by atoms with Crippen molar-refractivity contribution in [3.63, 3.8) is 0 Å². The predicted molar refractivity (Wildman–Crippen MR) is 115 cm³/mol. The SMILES string of the molecule is C=CC.C=NCC/C=C(N)/C(C#N)=C(/Nc1ccccc1F)SC.CC. The molecule has 0 aliphatic heterocycles. The van der Waals surface area contributed by atoms with Gasteiger partial charge in [-0.15, -0.1) is 18.3 Å². The normalized spacial score (nSPS) is 10.7. The molecule has 0 aromatic heterocycles. The van der Waals surface area contributed by atoms with Gasteiger partial charge < -0.3 is 16.0 Å². The Morgan fingerprint density at radius 3 is 2.46 bits per heavy atom.